The van der Waals surface area contributed by atoms with Crippen LogP contribution in [0.3, 0.4) is 0 Å². The molecule has 0 unspecified atom stereocenters. The highest BCUT2D eigenvalue weighted by Crippen LogP contribution is 2.28. The molecule has 2 aromatic carbocycles. The smallest absolute Gasteiger partial charge is 0.241 e. The summed E-state index contributed by atoms with van der Waals surface area (Å²) >= 11 is 0. The normalized spacial score (nSPS) is 12.1. The molecular formula is C23H32N2O3. The van der Waals surface area contributed by atoms with Gasteiger partial charge in [0, 0.05) is 12.2 Å². The fourth-order valence-corrected chi connectivity index (χ4v) is 2.91. The fourth-order valence-electron chi connectivity index (χ4n) is 2.91. The molecule has 1 amide bonds. The largest absolute Gasteiger partial charge is 0.493 e. The number of hydrogen-bond donors (Lipinski definition) is 1. The van der Waals surface area contributed by atoms with E-state index in [4.69, 9.17) is 9.47 Å². The molecule has 1 atom stereocenters. The number of carbonyl (C=O) groups is 1. The molecule has 0 bridgehead atoms. The Hall–Kier alpha value is -2.53. The van der Waals surface area contributed by atoms with Gasteiger partial charge in [0.25, 0.3) is 0 Å². The summed E-state index contributed by atoms with van der Waals surface area (Å²) in [4.78, 5) is 14.6. The van der Waals surface area contributed by atoms with Crippen molar-refractivity contribution in [3.05, 3.63) is 53.6 Å². The van der Waals surface area contributed by atoms with Crippen LogP contribution in [0.15, 0.2) is 42.5 Å². The minimum atomic E-state index is -0.276. The maximum absolute atomic E-state index is 12.6. The molecule has 152 valence electrons. The van der Waals surface area contributed by atoms with E-state index in [0.717, 1.165) is 17.0 Å². The molecule has 1 N–H and O–H groups in total. The molecule has 2 rings (SSSR count). The van der Waals surface area contributed by atoms with Gasteiger partial charge in [-0.1, -0.05) is 32.0 Å². The van der Waals surface area contributed by atoms with Gasteiger partial charge in [-0.25, -0.2) is 0 Å². The summed E-state index contributed by atoms with van der Waals surface area (Å²) < 4.78 is 11.0. The summed E-state index contributed by atoms with van der Waals surface area (Å²) in [6, 6.07) is 13.6. The Morgan fingerprint density at radius 3 is 2.32 bits per heavy atom. The zero-order chi connectivity index (χ0) is 20.7. The average Bonchev–Trinajstić information content (AvgIpc) is 2.68. The number of methoxy groups -OCH3 is 1. The lowest BCUT2D eigenvalue weighted by molar-refractivity contribution is -0.120. The number of amides is 1. The topological polar surface area (TPSA) is 50.8 Å². The highest BCUT2D eigenvalue weighted by molar-refractivity contribution is 5.94. The summed E-state index contributed by atoms with van der Waals surface area (Å²) in [5, 5.41) is 3.00. The monoisotopic (exact) mass is 384 g/mol. The number of rotatable bonds is 9. The Balaban J connectivity index is 1.99. The number of nitrogens with zero attached hydrogens (tertiary/aromatic N) is 1. The first-order valence-corrected chi connectivity index (χ1v) is 9.76. The first-order valence-electron chi connectivity index (χ1n) is 9.76. The third-order valence-electron chi connectivity index (χ3n) is 4.85. The van der Waals surface area contributed by atoms with Crippen LogP contribution in [0.1, 0.15) is 44.7 Å². The first kappa shape index (κ1) is 21.8. The van der Waals surface area contributed by atoms with Gasteiger partial charge in [-0.05, 0) is 62.2 Å². The molecule has 5 heteroatoms. The zero-order valence-corrected chi connectivity index (χ0v) is 17.8. The van der Waals surface area contributed by atoms with E-state index < -0.39 is 0 Å². The van der Waals surface area contributed by atoms with Gasteiger partial charge >= 0.3 is 0 Å². The molecule has 28 heavy (non-hydrogen) atoms. The third kappa shape index (κ3) is 5.73. The molecule has 0 radical (unpaired) electrons. The van der Waals surface area contributed by atoms with Crippen molar-refractivity contribution in [1.29, 1.82) is 0 Å². The fraction of sp³-hybridized carbons (Fsp3) is 0.435. The summed E-state index contributed by atoms with van der Waals surface area (Å²) in [5.74, 6) is 1.88. The van der Waals surface area contributed by atoms with Gasteiger partial charge in [0.2, 0.25) is 5.91 Å². The van der Waals surface area contributed by atoms with Gasteiger partial charge in [0.15, 0.2) is 11.5 Å². The Kier molecular flexibility index (Phi) is 7.88. The van der Waals surface area contributed by atoms with Crippen LogP contribution in [-0.4, -0.2) is 37.6 Å². The zero-order valence-electron chi connectivity index (χ0n) is 17.8. The molecule has 0 saturated heterocycles. The van der Waals surface area contributed by atoms with Gasteiger partial charge in [-0.2, -0.15) is 0 Å². The molecule has 0 fully saturated rings. The van der Waals surface area contributed by atoms with Crippen molar-refractivity contribution in [2.24, 2.45) is 0 Å². The van der Waals surface area contributed by atoms with E-state index >= 15 is 0 Å². The Morgan fingerprint density at radius 1 is 1.07 bits per heavy atom. The minimum absolute atomic E-state index is 0.0299. The summed E-state index contributed by atoms with van der Waals surface area (Å²) in [6.07, 6.45) is 0. The number of hydrogen-bond acceptors (Lipinski definition) is 4. The van der Waals surface area contributed by atoms with Crippen LogP contribution in [0.2, 0.25) is 0 Å². The molecule has 0 heterocycles. The van der Waals surface area contributed by atoms with Gasteiger partial charge in [-0.3, -0.25) is 9.69 Å². The average molecular weight is 385 g/mol. The van der Waals surface area contributed by atoms with Crippen molar-refractivity contribution in [2.75, 3.05) is 26.1 Å². The summed E-state index contributed by atoms with van der Waals surface area (Å²) in [7, 11) is 3.57. The Morgan fingerprint density at radius 2 is 1.75 bits per heavy atom. The lowest BCUT2D eigenvalue weighted by Gasteiger charge is -2.24. The van der Waals surface area contributed by atoms with E-state index in [1.807, 2.05) is 56.1 Å². The van der Waals surface area contributed by atoms with Crippen LogP contribution in [0.4, 0.5) is 5.69 Å². The second kappa shape index (κ2) is 10.1. The van der Waals surface area contributed by atoms with Gasteiger partial charge in [0.05, 0.1) is 19.8 Å². The van der Waals surface area contributed by atoms with E-state index in [0.29, 0.717) is 24.8 Å². The van der Waals surface area contributed by atoms with Crippen LogP contribution in [0, 0.1) is 0 Å². The van der Waals surface area contributed by atoms with E-state index in [-0.39, 0.29) is 11.9 Å². The molecule has 0 aliphatic carbocycles. The molecule has 5 nitrogen and oxygen atoms in total. The maximum atomic E-state index is 12.6. The lowest BCUT2D eigenvalue weighted by atomic mass is 10.0. The maximum Gasteiger partial charge on any atom is 0.241 e. The molecule has 2 aromatic rings. The summed E-state index contributed by atoms with van der Waals surface area (Å²) in [5.41, 5.74) is 3.13. The highest BCUT2D eigenvalue weighted by Gasteiger charge is 2.19. The van der Waals surface area contributed by atoms with E-state index in [2.05, 4.69) is 31.3 Å². The molecule has 0 aliphatic rings. The van der Waals surface area contributed by atoms with E-state index in [1.165, 1.54) is 5.56 Å². The SMILES string of the molecule is CCOc1ccc(CN(C)[C@@H](C)C(=O)Nc2ccc(C(C)C)cc2)cc1OC. The number of likely N-dealkylation sites (N-methyl/N-ethyl adjacent to an activating group) is 1. The predicted octanol–water partition coefficient (Wildman–Crippen LogP) is 4.68. The van der Waals surface area contributed by atoms with Crippen molar-refractivity contribution in [2.45, 2.75) is 46.2 Å². The summed E-state index contributed by atoms with van der Waals surface area (Å²) in [6.45, 7) is 9.37. The molecular weight excluding hydrogens is 352 g/mol. The molecule has 0 spiro atoms. The van der Waals surface area contributed by atoms with Crippen molar-refractivity contribution in [1.82, 2.24) is 4.90 Å². The Bertz CT molecular complexity index is 772. The number of nitrogens with one attached hydrogen (secondary N) is 1. The van der Waals surface area contributed by atoms with Crippen LogP contribution in [-0.2, 0) is 11.3 Å². The first-order chi connectivity index (χ1) is 13.3. The minimum Gasteiger partial charge on any atom is -0.493 e. The van der Waals surface area contributed by atoms with Crippen LogP contribution >= 0.6 is 0 Å². The number of ether oxygens (including phenoxy) is 2. The van der Waals surface area contributed by atoms with Crippen molar-refractivity contribution in [3.63, 3.8) is 0 Å². The number of anilines is 1. The van der Waals surface area contributed by atoms with Gasteiger partial charge in [0.1, 0.15) is 0 Å². The van der Waals surface area contributed by atoms with E-state index in [1.54, 1.807) is 7.11 Å². The van der Waals surface area contributed by atoms with Crippen molar-refractivity contribution < 1.29 is 14.3 Å². The predicted molar refractivity (Wildman–Crippen MR) is 114 cm³/mol. The van der Waals surface area contributed by atoms with Crippen LogP contribution < -0.4 is 14.8 Å². The number of carbonyl (C=O) groups excluding carboxylic acids is 1. The number of benzene rings is 2. The quantitative estimate of drug-likeness (QED) is 0.682. The van der Waals surface area contributed by atoms with Gasteiger partial charge in [-0.15, -0.1) is 0 Å². The van der Waals surface area contributed by atoms with E-state index in [9.17, 15) is 4.79 Å². The van der Waals surface area contributed by atoms with Crippen molar-refractivity contribution in [3.8, 4) is 11.5 Å². The molecule has 0 aliphatic heterocycles. The molecule has 0 saturated carbocycles. The van der Waals surface area contributed by atoms with Crippen LogP contribution in [0.25, 0.3) is 0 Å². The molecule has 0 aromatic heterocycles. The standard InChI is InChI=1S/C23H32N2O3/c1-7-28-21-13-8-18(14-22(21)27-6)15-25(5)17(4)23(26)24-20-11-9-19(10-12-20)16(2)3/h8-14,16-17H,7,15H2,1-6H3,(H,24,26)/t17-/m0/s1. The second-order valence-electron chi connectivity index (χ2n) is 7.28. The van der Waals surface area contributed by atoms with Crippen LogP contribution in [0.5, 0.6) is 11.5 Å². The lowest BCUT2D eigenvalue weighted by Crippen LogP contribution is -2.39. The highest BCUT2D eigenvalue weighted by atomic mass is 16.5. The Labute approximate surface area is 168 Å². The second-order valence-corrected chi connectivity index (χ2v) is 7.28. The van der Waals surface area contributed by atoms with Gasteiger partial charge < -0.3 is 14.8 Å². The third-order valence-corrected chi connectivity index (χ3v) is 4.85. The van der Waals surface area contributed by atoms with Crippen molar-refractivity contribution >= 4 is 11.6 Å².